The molecular weight excluding hydrogens is 396 g/mol. The van der Waals surface area contributed by atoms with Crippen molar-refractivity contribution in [2.24, 2.45) is 0 Å². The molecule has 1 N–H and O–H groups in total. The standard InChI is InChI=1S/C24H30N2O5/c1-3-5-13-31-20-8-6-7-18(16-20)23(27)25-21-17-19(24(28)30-4-2)9-10-22(21)26-11-14-29-15-12-26/h6-10,16-17H,3-5,11-15H2,1-2H3,(H,25,27). The third-order valence-electron chi connectivity index (χ3n) is 4.97. The second-order valence-corrected chi connectivity index (χ2v) is 7.24. The SMILES string of the molecule is CCCCOc1cccc(C(=O)Nc2cc(C(=O)OCC)ccc2N2CCOCC2)c1. The van der Waals surface area contributed by atoms with Gasteiger partial charge >= 0.3 is 5.97 Å². The molecule has 3 rings (SSSR count). The molecule has 1 aliphatic rings. The molecule has 7 heteroatoms. The summed E-state index contributed by atoms with van der Waals surface area (Å²) >= 11 is 0. The Kier molecular flexibility index (Phi) is 8.29. The fourth-order valence-corrected chi connectivity index (χ4v) is 3.31. The van der Waals surface area contributed by atoms with Gasteiger partial charge in [0.05, 0.1) is 43.4 Å². The number of carbonyl (C=O) groups is 2. The highest BCUT2D eigenvalue weighted by Crippen LogP contribution is 2.29. The smallest absolute Gasteiger partial charge is 0.338 e. The number of benzene rings is 2. The number of anilines is 2. The van der Waals surface area contributed by atoms with Crippen molar-refractivity contribution >= 4 is 23.3 Å². The van der Waals surface area contributed by atoms with Gasteiger partial charge in [-0.25, -0.2) is 4.79 Å². The molecule has 1 aliphatic heterocycles. The van der Waals surface area contributed by atoms with Crippen LogP contribution in [-0.4, -0.2) is 51.4 Å². The molecular formula is C24H30N2O5. The zero-order valence-corrected chi connectivity index (χ0v) is 18.2. The summed E-state index contributed by atoms with van der Waals surface area (Å²) in [7, 11) is 0. The molecule has 1 heterocycles. The third kappa shape index (κ3) is 6.21. The molecule has 166 valence electrons. The number of nitrogens with one attached hydrogen (secondary N) is 1. The van der Waals surface area contributed by atoms with Crippen LogP contribution in [0.5, 0.6) is 5.75 Å². The van der Waals surface area contributed by atoms with Crippen molar-refractivity contribution in [3.63, 3.8) is 0 Å². The summed E-state index contributed by atoms with van der Waals surface area (Å²) in [6.45, 7) is 7.42. The van der Waals surface area contributed by atoms with Gasteiger partial charge in [0.15, 0.2) is 0 Å². The van der Waals surface area contributed by atoms with Gasteiger partial charge in [-0.05, 0) is 49.7 Å². The zero-order chi connectivity index (χ0) is 22.1. The quantitative estimate of drug-likeness (QED) is 0.480. The first-order valence-electron chi connectivity index (χ1n) is 10.8. The van der Waals surface area contributed by atoms with Crippen LogP contribution < -0.4 is 15.0 Å². The Bertz CT molecular complexity index is 893. The summed E-state index contributed by atoms with van der Waals surface area (Å²) < 4.78 is 16.3. The minimum Gasteiger partial charge on any atom is -0.494 e. The summed E-state index contributed by atoms with van der Waals surface area (Å²) in [5, 5.41) is 2.97. The molecule has 0 aliphatic carbocycles. The van der Waals surface area contributed by atoms with Crippen LogP contribution in [-0.2, 0) is 9.47 Å². The molecule has 1 saturated heterocycles. The lowest BCUT2D eigenvalue weighted by Gasteiger charge is -2.30. The number of rotatable bonds is 9. The molecule has 2 aromatic rings. The van der Waals surface area contributed by atoms with Crippen molar-refractivity contribution in [3.8, 4) is 5.75 Å². The number of hydrogen-bond donors (Lipinski definition) is 1. The molecule has 31 heavy (non-hydrogen) atoms. The molecule has 0 radical (unpaired) electrons. The van der Waals surface area contributed by atoms with Gasteiger partial charge in [-0.1, -0.05) is 19.4 Å². The number of ether oxygens (including phenoxy) is 3. The Balaban J connectivity index is 1.83. The van der Waals surface area contributed by atoms with Crippen molar-refractivity contribution in [1.29, 1.82) is 0 Å². The lowest BCUT2D eigenvalue weighted by atomic mass is 10.1. The van der Waals surface area contributed by atoms with Gasteiger partial charge < -0.3 is 24.4 Å². The average Bonchev–Trinajstić information content (AvgIpc) is 2.80. The van der Waals surface area contributed by atoms with Crippen molar-refractivity contribution in [2.75, 3.05) is 49.7 Å². The minimum atomic E-state index is -0.419. The van der Waals surface area contributed by atoms with E-state index in [0.29, 0.717) is 55.5 Å². The normalized spacial score (nSPS) is 13.5. The highest BCUT2D eigenvalue weighted by Gasteiger charge is 2.19. The molecule has 2 aromatic carbocycles. The van der Waals surface area contributed by atoms with E-state index in [2.05, 4.69) is 17.1 Å². The van der Waals surface area contributed by atoms with E-state index >= 15 is 0 Å². The summed E-state index contributed by atoms with van der Waals surface area (Å²) in [5.74, 6) is -0.0240. The van der Waals surface area contributed by atoms with E-state index in [1.807, 2.05) is 12.1 Å². The van der Waals surface area contributed by atoms with Gasteiger partial charge in [0.1, 0.15) is 5.75 Å². The maximum Gasteiger partial charge on any atom is 0.338 e. The van der Waals surface area contributed by atoms with Gasteiger partial charge in [0.2, 0.25) is 0 Å². The first-order chi connectivity index (χ1) is 15.1. The zero-order valence-electron chi connectivity index (χ0n) is 18.2. The summed E-state index contributed by atoms with van der Waals surface area (Å²) in [5.41, 5.74) is 2.30. The van der Waals surface area contributed by atoms with E-state index in [4.69, 9.17) is 14.2 Å². The van der Waals surface area contributed by atoms with Crippen LogP contribution in [0.3, 0.4) is 0 Å². The number of nitrogens with zero attached hydrogens (tertiary/aromatic N) is 1. The Morgan fingerprint density at radius 3 is 2.61 bits per heavy atom. The molecule has 7 nitrogen and oxygen atoms in total. The van der Waals surface area contributed by atoms with Gasteiger partial charge in [-0.15, -0.1) is 0 Å². The van der Waals surface area contributed by atoms with Crippen LogP contribution in [0.15, 0.2) is 42.5 Å². The molecule has 0 saturated carbocycles. The number of carbonyl (C=O) groups excluding carboxylic acids is 2. The Hall–Kier alpha value is -3.06. The van der Waals surface area contributed by atoms with Crippen LogP contribution >= 0.6 is 0 Å². The number of unbranched alkanes of at least 4 members (excludes halogenated alkanes) is 1. The fourth-order valence-electron chi connectivity index (χ4n) is 3.31. The summed E-state index contributed by atoms with van der Waals surface area (Å²) in [4.78, 5) is 27.4. The first kappa shape index (κ1) is 22.6. The number of esters is 1. The second kappa shape index (κ2) is 11.4. The van der Waals surface area contributed by atoms with Crippen molar-refractivity contribution in [3.05, 3.63) is 53.6 Å². The van der Waals surface area contributed by atoms with Gasteiger partial charge in [-0.3, -0.25) is 4.79 Å². The third-order valence-corrected chi connectivity index (χ3v) is 4.97. The molecule has 0 unspecified atom stereocenters. The number of morpholine rings is 1. The van der Waals surface area contributed by atoms with Crippen LogP contribution in [0.25, 0.3) is 0 Å². The molecule has 0 bridgehead atoms. The Morgan fingerprint density at radius 1 is 1.06 bits per heavy atom. The molecule has 1 fully saturated rings. The maximum absolute atomic E-state index is 13.0. The maximum atomic E-state index is 13.0. The molecule has 0 aromatic heterocycles. The topological polar surface area (TPSA) is 77.1 Å². The van der Waals surface area contributed by atoms with E-state index in [1.165, 1.54) is 0 Å². The molecule has 1 amide bonds. The number of hydrogen-bond acceptors (Lipinski definition) is 6. The van der Waals surface area contributed by atoms with Gasteiger partial charge in [-0.2, -0.15) is 0 Å². The summed E-state index contributed by atoms with van der Waals surface area (Å²) in [6, 6.07) is 12.3. The monoisotopic (exact) mass is 426 g/mol. The predicted octanol–water partition coefficient (Wildman–Crippen LogP) is 4.13. The van der Waals surface area contributed by atoms with Crippen LogP contribution in [0.2, 0.25) is 0 Å². The lowest BCUT2D eigenvalue weighted by molar-refractivity contribution is 0.0526. The first-order valence-corrected chi connectivity index (χ1v) is 10.8. The summed E-state index contributed by atoms with van der Waals surface area (Å²) in [6.07, 6.45) is 2.00. The van der Waals surface area contributed by atoms with Gasteiger partial charge in [0, 0.05) is 18.7 Å². The van der Waals surface area contributed by atoms with E-state index in [0.717, 1.165) is 18.5 Å². The van der Waals surface area contributed by atoms with Crippen molar-refractivity contribution < 1.29 is 23.8 Å². The van der Waals surface area contributed by atoms with E-state index in [9.17, 15) is 9.59 Å². The molecule has 0 spiro atoms. The van der Waals surface area contributed by atoms with E-state index < -0.39 is 5.97 Å². The average molecular weight is 427 g/mol. The van der Waals surface area contributed by atoms with E-state index in [-0.39, 0.29) is 12.5 Å². The lowest BCUT2D eigenvalue weighted by Crippen LogP contribution is -2.36. The Labute approximate surface area is 183 Å². The van der Waals surface area contributed by atoms with Crippen LogP contribution in [0.1, 0.15) is 47.4 Å². The fraction of sp³-hybridized carbons (Fsp3) is 0.417. The largest absolute Gasteiger partial charge is 0.494 e. The number of amides is 1. The predicted molar refractivity (Wildman–Crippen MR) is 120 cm³/mol. The second-order valence-electron chi connectivity index (χ2n) is 7.24. The minimum absolute atomic E-state index is 0.267. The van der Waals surface area contributed by atoms with Crippen molar-refractivity contribution in [2.45, 2.75) is 26.7 Å². The van der Waals surface area contributed by atoms with Crippen molar-refractivity contribution in [1.82, 2.24) is 0 Å². The Morgan fingerprint density at radius 2 is 1.87 bits per heavy atom. The van der Waals surface area contributed by atoms with Crippen LogP contribution in [0.4, 0.5) is 11.4 Å². The highest BCUT2D eigenvalue weighted by atomic mass is 16.5. The highest BCUT2D eigenvalue weighted by molar-refractivity contribution is 6.07. The molecule has 0 atom stereocenters. The van der Waals surface area contributed by atoms with Gasteiger partial charge in [0.25, 0.3) is 5.91 Å². The van der Waals surface area contributed by atoms with E-state index in [1.54, 1.807) is 37.3 Å². The van der Waals surface area contributed by atoms with Crippen LogP contribution in [0, 0.1) is 0 Å².